The number of rotatable bonds is 14. The molecule has 0 aromatic carbocycles. The van der Waals surface area contributed by atoms with Crippen LogP contribution in [0.3, 0.4) is 0 Å². The topological polar surface area (TPSA) is 704 Å². The first-order chi connectivity index (χ1) is 68.0. The summed E-state index contributed by atoms with van der Waals surface area (Å²) in [5.74, 6) is 1.18. The van der Waals surface area contributed by atoms with Gasteiger partial charge in [0.2, 0.25) is 23.8 Å². The highest BCUT2D eigenvalue weighted by Gasteiger charge is 2.58. The summed E-state index contributed by atoms with van der Waals surface area (Å²) < 4.78 is 126. The minimum absolute atomic E-state index is 0.00256. The molecule has 780 valence electrons. The van der Waals surface area contributed by atoms with Crippen LogP contribution in [0.2, 0.25) is 0 Å². The fourth-order valence-electron chi connectivity index (χ4n) is 19.8. The second-order valence-corrected chi connectivity index (χ2v) is 41.5. The van der Waals surface area contributed by atoms with Gasteiger partial charge in [0.15, 0.2) is 40.7 Å². The third-order valence-corrected chi connectivity index (χ3v) is 31.2. The molecule has 25 atom stereocenters. The van der Waals surface area contributed by atoms with Gasteiger partial charge in [-0.2, -0.15) is 35.2 Å². The molecule has 46 nitrogen and oxygen atoms in total. The molecule has 0 amide bonds. The smallest absolute Gasteiger partial charge is 0.240 e. The molecule has 29 N–H and O–H groups in total. The Kier molecular flexibility index (Phi) is 30.9. The Bertz CT molecular complexity index is 6550. The summed E-state index contributed by atoms with van der Waals surface area (Å²) in [5.41, 5.74) is 68.1. The quantitative estimate of drug-likeness (QED) is 0.0381. The molecule has 0 saturated carbocycles. The number of nitrogens with two attached hydrogens (primary N) is 11. The summed E-state index contributed by atoms with van der Waals surface area (Å²) >= 11 is 4.35. The number of ether oxygens (including phenoxy) is 7. The van der Waals surface area contributed by atoms with Crippen LogP contribution in [0.5, 0.6) is 0 Å². The molecule has 14 aromatic rings. The summed E-state index contributed by atoms with van der Waals surface area (Å²) in [6, 6.07) is 21.4. The van der Waals surface area contributed by atoms with E-state index in [1.165, 1.54) is 50.9 Å². The van der Waals surface area contributed by atoms with Gasteiger partial charge in [0, 0.05) is 47.1 Å². The lowest BCUT2D eigenvalue weighted by molar-refractivity contribution is -0.0200. The van der Waals surface area contributed by atoms with Crippen LogP contribution in [0, 0.1) is 58.9 Å². The van der Waals surface area contributed by atoms with Gasteiger partial charge in [0.05, 0.1) is 123 Å². The van der Waals surface area contributed by atoms with Crippen LogP contribution in [0.1, 0.15) is 180 Å². The van der Waals surface area contributed by atoms with Crippen molar-refractivity contribution < 1.29 is 90.9 Å². The van der Waals surface area contributed by atoms with Crippen LogP contribution in [-0.4, -0.2) is 257 Å². The lowest BCUT2D eigenvalue weighted by Gasteiger charge is -2.28. The van der Waals surface area contributed by atoms with Crippen LogP contribution in [0.25, 0.3) is 38.6 Å². The highest BCUT2D eigenvalue weighted by Crippen LogP contribution is 2.56. The van der Waals surface area contributed by atoms with Gasteiger partial charge >= 0.3 is 0 Å². The first-order valence-corrected chi connectivity index (χ1v) is 48.5. The average Bonchev–Trinajstić information content (AvgIpc) is 1.59. The Labute approximate surface area is 848 Å². The van der Waals surface area contributed by atoms with E-state index < -0.39 is 114 Å². The number of hydrogen-bond donors (Lipinski definition) is 18. The van der Waals surface area contributed by atoms with Crippen molar-refractivity contribution in [3.05, 3.63) is 139 Å². The Morgan fingerprint density at radius 2 is 0.576 bits per heavy atom. The molecule has 7 saturated heterocycles. The maximum atomic E-state index is 15.1. The number of alkyl halides is 5. The fraction of sp³-hybridized carbons (Fsp3) is 0.538. The standard InChI is InChI=1S/C14H19IN4O2.C14H21N5O2.C13H16FIN4O2.2C13H18FN5O2.C12H16FN5O2.C12H15FN4O2/c1-7-10(5-20)21-12(14(7,2)3)9-4-8(15)11-13(16)17-6-18-19(9)11;1-7-10(6-20)21-11(14(7,2)3)8-4-5-9-12(15)17-13(16)18-19(8)9;1-6-9(4-20)21-11(13(6,2)14)8-3-7(15)10-12(16)17-5-18-19(8)10;1-13(2)9(14)8(5-20)21-10(13)6-3-4-7-11(15)17-12(16)18-19(6)7;1-6-9(5-20)21-10(13(6,2)14)7-3-4-8-11(15)17-12(16)18-19(7)8;1-5-8(4-19)20-10(9(5)13)6-2-3-7-11(14)16-12(15)17-18(6)7;1-6-9(4-18)19-11(10(6)13)7-2-3-8-12(14)15-5-16-17(7)8/h4,6-7,10,12,20H,5H2,1-3H3,(H2,16,17,18);4-5,7,10-11,20H,6H2,1-3H3,(H4,15,16,17,18);3,5-6,9,11,20H,4H2,1-2H3,(H2,16,17,18);3-4,8-10,20H,5H2,1-2H3,(H4,15,16,17,18);3-4,6,9-10,20H,5H2,1-2H3,(H4,15,16,17,18);2-3,5,8-10,19H,4H2,1H3,(H4,14,15,16,17);2-3,5-6,9-11,18H,4H2,1H3,(H2,14,15,16)/t7-,10-,12+;7-,10-,11+;6-,9-,11+,13-;8-,9-,10+;6-,9-,10+,13-;5-,8-,9-,10+;6-,9-,10-,11+/m1111111/s1. The Balaban J connectivity index is 0.000000126. The Hall–Kier alpha value is -11.3. The number of aliphatic hydroxyl groups is 7. The third kappa shape index (κ3) is 19.3. The minimum atomic E-state index is -1.64. The lowest BCUT2D eigenvalue weighted by Crippen LogP contribution is -2.32. The SMILES string of the molecule is CC1(C)[C@H](F)[C@@H](CO)O[C@H]1c1ccc2c(N)nc(N)nn12.C[C@@H]1[C@@H](CO)O[C@@H](c2cc(I)c3c(N)ncnn23)C1(C)C.C[C@@H]1[C@@H](CO)O[C@@H](c2cc(I)c3c(N)ncnn23)[C@]1(C)F.C[C@@H]1[C@@H](CO)O[C@@H](c2ccc3c(N)nc(N)nn23)C1(C)C.C[C@@H]1[C@@H](CO)O[C@@H](c2ccc3c(N)nc(N)nn23)[C@]1(C)F.C[C@H]1[C@@H](F)[C@H](c2ccc3c(N)nc(N)nn23)O[C@@H]1CO.C[C@H]1[C@@H](F)[C@H](c2ccc3c(N)ncnn23)O[C@@H]1CO. The van der Waals surface area contributed by atoms with Gasteiger partial charge in [-0.3, -0.25) is 0 Å². The van der Waals surface area contributed by atoms with Crippen molar-refractivity contribution in [2.75, 3.05) is 109 Å². The van der Waals surface area contributed by atoms with Crippen LogP contribution >= 0.6 is 45.2 Å². The molecule has 7 aliphatic rings. The van der Waals surface area contributed by atoms with E-state index in [4.69, 9.17) is 96.2 Å². The maximum absolute atomic E-state index is 15.1. The molecular weight excluding hydrogens is 2110 g/mol. The van der Waals surface area contributed by atoms with E-state index in [0.717, 1.165) is 24.0 Å². The van der Waals surface area contributed by atoms with Gasteiger partial charge in [0.1, 0.15) is 136 Å². The van der Waals surface area contributed by atoms with Crippen LogP contribution in [0.15, 0.2) is 91.8 Å². The van der Waals surface area contributed by atoms with Crippen LogP contribution in [0.4, 0.5) is 86.5 Å². The zero-order valence-electron chi connectivity index (χ0n) is 81.3. The molecular formula is C91H123F5I2N32O14. The lowest BCUT2D eigenvalue weighted by atomic mass is 9.75. The molecule has 0 radical (unpaired) electrons. The summed E-state index contributed by atoms with van der Waals surface area (Å²) in [4.78, 5) is 27.5. The number of nitrogen functional groups attached to an aromatic ring is 11. The monoisotopic (exact) mass is 2240 g/mol. The Morgan fingerprint density at radius 3 is 0.903 bits per heavy atom. The molecule has 21 rings (SSSR count). The molecule has 7 aliphatic heterocycles. The van der Waals surface area contributed by atoms with Crippen molar-refractivity contribution in [2.45, 2.75) is 212 Å². The Morgan fingerprint density at radius 1 is 0.312 bits per heavy atom. The number of aromatic nitrogens is 21. The van der Waals surface area contributed by atoms with Crippen molar-refractivity contribution in [1.29, 1.82) is 0 Å². The summed E-state index contributed by atoms with van der Waals surface area (Å²) in [7, 11) is 0. The fourth-order valence-corrected chi connectivity index (χ4v) is 21.4. The summed E-state index contributed by atoms with van der Waals surface area (Å²) in [5, 5.41) is 94.4. The number of halogens is 7. The molecule has 21 heterocycles. The van der Waals surface area contributed by atoms with Crippen molar-refractivity contribution in [1.82, 2.24) is 102 Å². The van der Waals surface area contributed by atoms with Crippen molar-refractivity contribution in [2.24, 2.45) is 51.8 Å². The van der Waals surface area contributed by atoms with Gasteiger partial charge in [-0.1, -0.05) is 83.1 Å². The molecule has 14 aromatic heterocycles. The predicted molar refractivity (Wildman–Crippen MR) is 538 cm³/mol. The van der Waals surface area contributed by atoms with Gasteiger partial charge < -0.3 is 132 Å². The van der Waals surface area contributed by atoms with E-state index in [1.807, 2.05) is 22.7 Å². The number of anilines is 11. The van der Waals surface area contributed by atoms with Gasteiger partial charge in [-0.05, 0) is 144 Å². The highest BCUT2D eigenvalue weighted by molar-refractivity contribution is 14.1. The molecule has 144 heavy (non-hydrogen) atoms. The average molecular weight is 2240 g/mol. The predicted octanol–water partition coefficient (Wildman–Crippen LogP) is 7.11. The largest absolute Gasteiger partial charge is 0.394 e. The molecule has 53 heteroatoms. The zero-order chi connectivity index (χ0) is 105. The van der Waals surface area contributed by atoms with Crippen molar-refractivity contribution >= 4 is 148 Å². The normalized spacial score (nSPS) is 30.3. The first kappa shape index (κ1) is 107. The van der Waals surface area contributed by atoms with E-state index in [0.29, 0.717) is 84.8 Å². The van der Waals surface area contributed by atoms with Gasteiger partial charge in [-0.15, -0.1) is 20.4 Å². The summed E-state index contributed by atoms with van der Waals surface area (Å²) in [6.45, 7) is 24.9. The van der Waals surface area contributed by atoms with Crippen LogP contribution < -0.4 is 63.1 Å². The zero-order valence-corrected chi connectivity index (χ0v) is 85.6. The van der Waals surface area contributed by atoms with Crippen LogP contribution in [-0.2, 0) is 33.2 Å². The molecule has 0 unspecified atom stereocenters. The number of fused-ring (bicyclic) bond motifs is 7. The van der Waals surface area contributed by atoms with Crippen molar-refractivity contribution in [3.63, 3.8) is 0 Å². The molecule has 0 aliphatic carbocycles. The van der Waals surface area contributed by atoms with E-state index in [9.17, 15) is 48.9 Å². The number of aliphatic hydroxyl groups excluding tert-OH is 7. The molecule has 0 spiro atoms. The van der Waals surface area contributed by atoms with E-state index >= 15 is 8.78 Å². The third-order valence-electron chi connectivity index (χ3n) is 29.6. The molecule has 7 fully saturated rings. The second kappa shape index (κ2) is 41.5. The van der Waals surface area contributed by atoms with E-state index in [-0.39, 0.29) is 140 Å². The molecule has 0 bridgehead atoms. The summed E-state index contributed by atoms with van der Waals surface area (Å²) in [6.07, 6.45) is -7.05. The highest BCUT2D eigenvalue weighted by atomic mass is 127. The minimum Gasteiger partial charge on any atom is -0.394 e. The second-order valence-electron chi connectivity index (χ2n) is 39.2. The number of nitrogens with zero attached hydrogens (tertiary/aromatic N) is 21. The van der Waals surface area contributed by atoms with E-state index in [1.54, 1.807) is 105 Å². The number of hydrogen-bond acceptors (Lipinski definition) is 39. The van der Waals surface area contributed by atoms with Gasteiger partial charge in [0.25, 0.3) is 0 Å². The van der Waals surface area contributed by atoms with Gasteiger partial charge in [-0.25, -0.2) is 68.5 Å². The maximum Gasteiger partial charge on any atom is 0.240 e. The van der Waals surface area contributed by atoms with Crippen molar-refractivity contribution in [3.8, 4) is 0 Å². The first-order valence-electron chi connectivity index (χ1n) is 46.4. The van der Waals surface area contributed by atoms with E-state index in [2.05, 4.69) is 157 Å².